The molecule has 1 aromatic carbocycles. The van der Waals surface area contributed by atoms with Crippen LogP contribution < -0.4 is 11.1 Å². The molecule has 0 aliphatic rings. The predicted molar refractivity (Wildman–Crippen MR) is 72.5 cm³/mol. The van der Waals surface area contributed by atoms with Crippen LogP contribution >= 0.6 is 0 Å². The van der Waals surface area contributed by atoms with Crippen LogP contribution in [0.1, 0.15) is 19.4 Å². The number of rotatable bonds is 7. The molecule has 1 rings (SSSR count). The van der Waals surface area contributed by atoms with Gasteiger partial charge in [0.15, 0.2) is 0 Å². The molecule has 0 aliphatic carbocycles. The molecular formula is C13H21N3O2. The van der Waals surface area contributed by atoms with Gasteiger partial charge >= 0.3 is 0 Å². The summed E-state index contributed by atoms with van der Waals surface area (Å²) in [5.41, 5.74) is 6.72. The van der Waals surface area contributed by atoms with Crippen molar-refractivity contribution in [2.75, 3.05) is 13.1 Å². The molecule has 3 N–H and O–H groups in total. The molecular weight excluding hydrogens is 230 g/mol. The molecule has 0 fully saturated rings. The van der Waals surface area contributed by atoms with Gasteiger partial charge in [-0.05, 0) is 17.9 Å². The number of nitrogens with two attached hydrogens (primary N) is 1. The van der Waals surface area contributed by atoms with E-state index in [-0.39, 0.29) is 10.6 Å². The molecule has 1 aromatic rings. The SMILES string of the molecule is CC(C)C(Cc1ccc([N+](=O)[O-])cc1)NCCN. The zero-order valence-electron chi connectivity index (χ0n) is 10.9. The van der Waals surface area contributed by atoms with E-state index in [0.29, 0.717) is 18.5 Å². The van der Waals surface area contributed by atoms with Crippen LogP contribution in [0.4, 0.5) is 5.69 Å². The van der Waals surface area contributed by atoms with Crippen molar-refractivity contribution in [3.63, 3.8) is 0 Å². The van der Waals surface area contributed by atoms with E-state index in [9.17, 15) is 10.1 Å². The molecule has 0 radical (unpaired) electrons. The van der Waals surface area contributed by atoms with Crippen LogP contribution in [-0.2, 0) is 6.42 Å². The summed E-state index contributed by atoms with van der Waals surface area (Å²) in [4.78, 5) is 10.2. The van der Waals surface area contributed by atoms with Crippen LogP contribution in [0, 0.1) is 16.0 Å². The number of hydrogen-bond acceptors (Lipinski definition) is 4. The van der Waals surface area contributed by atoms with Crippen molar-refractivity contribution in [3.05, 3.63) is 39.9 Å². The summed E-state index contributed by atoms with van der Waals surface area (Å²) in [6.07, 6.45) is 0.857. The lowest BCUT2D eigenvalue weighted by Crippen LogP contribution is -2.38. The van der Waals surface area contributed by atoms with Gasteiger partial charge in [0.1, 0.15) is 0 Å². The second kappa shape index (κ2) is 7.08. The van der Waals surface area contributed by atoms with E-state index in [1.165, 1.54) is 0 Å². The van der Waals surface area contributed by atoms with E-state index >= 15 is 0 Å². The number of nitrogens with one attached hydrogen (secondary N) is 1. The summed E-state index contributed by atoms with van der Waals surface area (Å²) in [5, 5.41) is 14.0. The first-order chi connectivity index (χ1) is 8.54. The van der Waals surface area contributed by atoms with Gasteiger partial charge in [-0.3, -0.25) is 10.1 Å². The minimum Gasteiger partial charge on any atom is -0.329 e. The van der Waals surface area contributed by atoms with Gasteiger partial charge in [-0.1, -0.05) is 26.0 Å². The van der Waals surface area contributed by atoms with Crippen molar-refractivity contribution in [1.82, 2.24) is 5.32 Å². The minimum atomic E-state index is -0.379. The van der Waals surface area contributed by atoms with E-state index in [1.54, 1.807) is 12.1 Å². The number of benzene rings is 1. The lowest BCUT2D eigenvalue weighted by molar-refractivity contribution is -0.384. The quantitative estimate of drug-likeness (QED) is 0.571. The Morgan fingerprint density at radius 1 is 1.33 bits per heavy atom. The Morgan fingerprint density at radius 3 is 2.39 bits per heavy atom. The summed E-state index contributed by atoms with van der Waals surface area (Å²) in [5.74, 6) is 0.492. The lowest BCUT2D eigenvalue weighted by Gasteiger charge is -2.22. The zero-order valence-corrected chi connectivity index (χ0v) is 10.9. The fourth-order valence-corrected chi connectivity index (χ4v) is 1.82. The van der Waals surface area contributed by atoms with Gasteiger partial charge in [0.05, 0.1) is 4.92 Å². The zero-order chi connectivity index (χ0) is 13.5. The van der Waals surface area contributed by atoms with Crippen LogP contribution in [0.3, 0.4) is 0 Å². The molecule has 18 heavy (non-hydrogen) atoms. The van der Waals surface area contributed by atoms with Crippen molar-refractivity contribution in [3.8, 4) is 0 Å². The van der Waals surface area contributed by atoms with Gasteiger partial charge in [0, 0.05) is 31.3 Å². The van der Waals surface area contributed by atoms with E-state index in [2.05, 4.69) is 19.2 Å². The lowest BCUT2D eigenvalue weighted by atomic mass is 9.96. The highest BCUT2D eigenvalue weighted by molar-refractivity contribution is 5.33. The molecule has 0 amide bonds. The normalized spacial score (nSPS) is 12.7. The van der Waals surface area contributed by atoms with E-state index in [1.807, 2.05) is 12.1 Å². The predicted octanol–water partition coefficient (Wildman–Crippen LogP) is 1.71. The molecule has 1 unspecified atom stereocenters. The summed E-state index contributed by atoms with van der Waals surface area (Å²) < 4.78 is 0. The van der Waals surface area contributed by atoms with Gasteiger partial charge in [0.25, 0.3) is 5.69 Å². The van der Waals surface area contributed by atoms with E-state index in [4.69, 9.17) is 5.73 Å². The second-order valence-electron chi connectivity index (χ2n) is 4.72. The molecule has 5 nitrogen and oxygen atoms in total. The van der Waals surface area contributed by atoms with E-state index < -0.39 is 0 Å². The second-order valence-corrected chi connectivity index (χ2v) is 4.72. The van der Waals surface area contributed by atoms with Crippen molar-refractivity contribution < 1.29 is 4.92 Å². The van der Waals surface area contributed by atoms with Gasteiger partial charge in [-0.2, -0.15) is 0 Å². The maximum atomic E-state index is 10.6. The highest BCUT2D eigenvalue weighted by atomic mass is 16.6. The average molecular weight is 251 g/mol. The smallest absolute Gasteiger partial charge is 0.269 e. The van der Waals surface area contributed by atoms with Gasteiger partial charge in [-0.25, -0.2) is 0 Å². The maximum absolute atomic E-state index is 10.6. The van der Waals surface area contributed by atoms with Crippen molar-refractivity contribution in [2.45, 2.75) is 26.3 Å². The first-order valence-corrected chi connectivity index (χ1v) is 6.21. The Bertz CT molecular complexity index is 376. The Kier molecular flexibility index (Phi) is 5.74. The van der Waals surface area contributed by atoms with Gasteiger partial charge in [-0.15, -0.1) is 0 Å². The number of nitro groups is 1. The molecule has 0 aliphatic heterocycles. The van der Waals surface area contributed by atoms with Crippen LogP contribution in [-0.4, -0.2) is 24.1 Å². The molecule has 0 bridgehead atoms. The number of nitro benzene ring substituents is 1. The fourth-order valence-electron chi connectivity index (χ4n) is 1.82. The van der Waals surface area contributed by atoms with Crippen LogP contribution in [0.25, 0.3) is 0 Å². The molecule has 5 heteroatoms. The van der Waals surface area contributed by atoms with Crippen LogP contribution in [0.15, 0.2) is 24.3 Å². The molecule has 0 spiro atoms. The van der Waals surface area contributed by atoms with Crippen LogP contribution in [0.2, 0.25) is 0 Å². The highest BCUT2D eigenvalue weighted by Gasteiger charge is 2.13. The van der Waals surface area contributed by atoms with Crippen molar-refractivity contribution >= 4 is 5.69 Å². The monoisotopic (exact) mass is 251 g/mol. The van der Waals surface area contributed by atoms with Crippen molar-refractivity contribution in [2.24, 2.45) is 11.7 Å². The third kappa shape index (κ3) is 4.43. The largest absolute Gasteiger partial charge is 0.329 e. The third-order valence-electron chi connectivity index (χ3n) is 2.96. The fraction of sp³-hybridized carbons (Fsp3) is 0.538. The van der Waals surface area contributed by atoms with Gasteiger partial charge in [0.2, 0.25) is 0 Å². The molecule has 0 heterocycles. The number of hydrogen-bond donors (Lipinski definition) is 2. The Balaban J connectivity index is 2.65. The number of non-ortho nitro benzene ring substituents is 1. The van der Waals surface area contributed by atoms with E-state index in [0.717, 1.165) is 18.5 Å². The topological polar surface area (TPSA) is 81.2 Å². The Labute approximate surface area is 108 Å². The number of nitrogens with zero attached hydrogens (tertiary/aromatic N) is 1. The molecule has 1 atom stereocenters. The first kappa shape index (κ1) is 14.6. The molecule has 0 saturated heterocycles. The Morgan fingerprint density at radius 2 is 1.94 bits per heavy atom. The third-order valence-corrected chi connectivity index (χ3v) is 2.96. The summed E-state index contributed by atoms with van der Waals surface area (Å²) in [6.45, 7) is 5.71. The standard InChI is InChI=1S/C13H21N3O2/c1-10(2)13(15-8-7-14)9-11-3-5-12(6-4-11)16(17)18/h3-6,10,13,15H,7-9,14H2,1-2H3. The minimum absolute atomic E-state index is 0.134. The summed E-state index contributed by atoms with van der Waals surface area (Å²) in [6, 6.07) is 7.08. The molecule has 100 valence electrons. The maximum Gasteiger partial charge on any atom is 0.269 e. The average Bonchev–Trinajstić information content (AvgIpc) is 2.34. The van der Waals surface area contributed by atoms with Crippen LogP contribution in [0.5, 0.6) is 0 Å². The summed E-state index contributed by atoms with van der Waals surface area (Å²) >= 11 is 0. The molecule has 0 saturated carbocycles. The molecule has 0 aromatic heterocycles. The van der Waals surface area contributed by atoms with Crippen molar-refractivity contribution in [1.29, 1.82) is 0 Å². The Hall–Kier alpha value is -1.46. The first-order valence-electron chi connectivity index (χ1n) is 6.21. The van der Waals surface area contributed by atoms with Gasteiger partial charge < -0.3 is 11.1 Å². The summed E-state index contributed by atoms with van der Waals surface area (Å²) in [7, 11) is 0. The highest BCUT2D eigenvalue weighted by Crippen LogP contribution is 2.15.